The Morgan fingerprint density at radius 3 is 2.17 bits per heavy atom. The summed E-state index contributed by atoms with van der Waals surface area (Å²) in [4.78, 5) is 11.1. The quantitative estimate of drug-likeness (QED) is 0.533. The first-order valence-corrected chi connectivity index (χ1v) is 10.1. The Bertz CT molecular complexity index is 377. The predicted octanol–water partition coefficient (Wildman–Crippen LogP) is 5.65. The summed E-state index contributed by atoms with van der Waals surface area (Å²) >= 11 is 0. The molecule has 1 rings (SSSR count). The number of hydrogen-bond acceptors (Lipinski definition) is 2. The molecule has 0 aromatic heterocycles. The third kappa shape index (κ3) is 5.75. The van der Waals surface area contributed by atoms with Crippen LogP contribution in [0.15, 0.2) is 0 Å². The molecule has 142 valence electrons. The number of hydrogen-bond donors (Lipinski definition) is 2. The average Bonchev–Trinajstić information content (AvgIpc) is 2.52. The van der Waals surface area contributed by atoms with Gasteiger partial charge in [-0.15, -0.1) is 0 Å². The second kappa shape index (κ2) is 9.22. The molecule has 2 atom stereocenters. The van der Waals surface area contributed by atoms with Crippen molar-refractivity contribution >= 4 is 5.97 Å². The van der Waals surface area contributed by atoms with E-state index in [4.69, 9.17) is 5.11 Å². The van der Waals surface area contributed by atoms with Gasteiger partial charge in [0.2, 0.25) is 0 Å². The van der Waals surface area contributed by atoms with E-state index in [2.05, 4.69) is 27.7 Å². The van der Waals surface area contributed by atoms with Crippen LogP contribution in [0.3, 0.4) is 0 Å². The minimum atomic E-state index is -0.759. The van der Waals surface area contributed by atoms with Gasteiger partial charge in [-0.1, -0.05) is 73.1 Å². The summed E-state index contributed by atoms with van der Waals surface area (Å²) in [5.41, 5.74) is -0.976. The van der Waals surface area contributed by atoms with Gasteiger partial charge < -0.3 is 10.2 Å². The normalized spacial score (nSPS) is 25.9. The standard InChI is InChI=1S/C21H40O3/c1-6-7-8-9-17-10-12-18(13-11-17)21(24,20(3,4)5)15-14-16(2)19(22)23/h16-18,24H,6-15H2,1-5H3,(H,22,23). The van der Waals surface area contributed by atoms with E-state index in [1.54, 1.807) is 6.92 Å². The molecule has 24 heavy (non-hydrogen) atoms. The smallest absolute Gasteiger partial charge is 0.306 e. The molecule has 0 bridgehead atoms. The Hall–Kier alpha value is -0.570. The maximum absolute atomic E-state index is 11.5. The van der Waals surface area contributed by atoms with E-state index in [-0.39, 0.29) is 11.3 Å². The second-order valence-electron chi connectivity index (χ2n) is 9.17. The lowest BCUT2D eigenvalue weighted by Gasteiger charge is -2.49. The molecule has 1 aliphatic carbocycles. The van der Waals surface area contributed by atoms with Gasteiger partial charge in [-0.3, -0.25) is 4.79 Å². The van der Waals surface area contributed by atoms with Gasteiger partial charge >= 0.3 is 5.97 Å². The van der Waals surface area contributed by atoms with Crippen LogP contribution in [0.5, 0.6) is 0 Å². The molecule has 2 unspecified atom stereocenters. The first-order valence-electron chi connectivity index (χ1n) is 10.1. The number of carbonyl (C=O) groups is 1. The number of carboxylic acid groups (broad SMARTS) is 1. The molecule has 0 aromatic rings. The van der Waals surface area contributed by atoms with Crippen molar-refractivity contribution in [1.82, 2.24) is 0 Å². The number of rotatable bonds is 9. The van der Waals surface area contributed by atoms with Crippen LogP contribution in [-0.2, 0) is 4.79 Å². The van der Waals surface area contributed by atoms with Crippen LogP contribution in [-0.4, -0.2) is 21.8 Å². The molecule has 0 spiro atoms. The molecule has 0 amide bonds. The van der Waals surface area contributed by atoms with Crippen molar-refractivity contribution in [3.8, 4) is 0 Å². The highest BCUT2D eigenvalue weighted by Crippen LogP contribution is 2.47. The molecule has 0 aromatic carbocycles. The molecule has 0 heterocycles. The van der Waals surface area contributed by atoms with Gasteiger partial charge in [-0.25, -0.2) is 0 Å². The van der Waals surface area contributed by atoms with Gasteiger partial charge in [0.05, 0.1) is 11.5 Å². The Morgan fingerprint density at radius 2 is 1.71 bits per heavy atom. The molecule has 2 N–H and O–H groups in total. The topological polar surface area (TPSA) is 57.5 Å². The Kier molecular flexibility index (Phi) is 8.25. The van der Waals surface area contributed by atoms with Gasteiger partial charge in [-0.05, 0) is 42.9 Å². The molecular formula is C21H40O3. The van der Waals surface area contributed by atoms with Crippen molar-refractivity contribution in [2.24, 2.45) is 23.2 Å². The zero-order valence-electron chi connectivity index (χ0n) is 16.6. The van der Waals surface area contributed by atoms with Gasteiger partial charge in [-0.2, -0.15) is 0 Å². The highest BCUT2D eigenvalue weighted by atomic mass is 16.4. The van der Waals surface area contributed by atoms with Crippen LogP contribution >= 0.6 is 0 Å². The van der Waals surface area contributed by atoms with E-state index >= 15 is 0 Å². The summed E-state index contributed by atoms with van der Waals surface area (Å²) in [6.07, 6.45) is 11.1. The summed E-state index contributed by atoms with van der Waals surface area (Å²) < 4.78 is 0. The van der Waals surface area contributed by atoms with Gasteiger partial charge in [0, 0.05) is 0 Å². The Balaban J connectivity index is 2.65. The van der Waals surface area contributed by atoms with Gasteiger partial charge in [0.15, 0.2) is 0 Å². The minimum absolute atomic E-state index is 0.217. The molecular weight excluding hydrogens is 300 g/mol. The second-order valence-corrected chi connectivity index (χ2v) is 9.17. The van der Waals surface area contributed by atoms with Crippen molar-refractivity contribution in [2.45, 2.75) is 104 Å². The number of carboxylic acids is 1. The van der Waals surface area contributed by atoms with Crippen LogP contribution in [0.4, 0.5) is 0 Å². The fourth-order valence-electron chi connectivity index (χ4n) is 4.36. The van der Waals surface area contributed by atoms with Gasteiger partial charge in [0.1, 0.15) is 0 Å². The molecule has 0 radical (unpaired) electrons. The van der Waals surface area contributed by atoms with Crippen molar-refractivity contribution < 1.29 is 15.0 Å². The number of aliphatic carboxylic acids is 1. The van der Waals surface area contributed by atoms with Gasteiger partial charge in [0.25, 0.3) is 0 Å². The van der Waals surface area contributed by atoms with E-state index in [1.807, 2.05) is 0 Å². The molecule has 1 fully saturated rings. The molecule has 1 aliphatic rings. The zero-order chi connectivity index (χ0) is 18.4. The third-order valence-electron chi connectivity index (χ3n) is 6.42. The molecule has 0 aliphatic heterocycles. The average molecular weight is 341 g/mol. The minimum Gasteiger partial charge on any atom is -0.481 e. The van der Waals surface area contributed by atoms with Crippen LogP contribution in [0.2, 0.25) is 0 Å². The summed E-state index contributed by atoms with van der Waals surface area (Å²) in [6, 6.07) is 0. The molecule has 1 saturated carbocycles. The number of unbranched alkanes of at least 4 members (excludes halogenated alkanes) is 2. The molecule has 3 nitrogen and oxygen atoms in total. The monoisotopic (exact) mass is 340 g/mol. The lowest BCUT2D eigenvalue weighted by atomic mass is 9.61. The summed E-state index contributed by atoms with van der Waals surface area (Å²) in [6.45, 7) is 10.3. The first kappa shape index (κ1) is 21.5. The number of aliphatic hydroxyl groups is 1. The highest BCUT2D eigenvalue weighted by molar-refractivity contribution is 5.69. The summed E-state index contributed by atoms with van der Waals surface area (Å²) in [5.74, 6) is -0.00830. The Labute approximate surface area is 149 Å². The fourth-order valence-corrected chi connectivity index (χ4v) is 4.36. The Morgan fingerprint density at radius 1 is 1.12 bits per heavy atom. The van der Waals surface area contributed by atoms with E-state index in [0.717, 1.165) is 18.8 Å². The predicted molar refractivity (Wildman–Crippen MR) is 100 cm³/mol. The van der Waals surface area contributed by atoms with Crippen molar-refractivity contribution in [2.75, 3.05) is 0 Å². The van der Waals surface area contributed by atoms with E-state index in [1.165, 1.54) is 38.5 Å². The van der Waals surface area contributed by atoms with Crippen molar-refractivity contribution in [3.63, 3.8) is 0 Å². The lowest BCUT2D eigenvalue weighted by molar-refractivity contribution is -0.145. The van der Waals surface area contributed by atoms with Crippen LogP contribution in [0.25, 0.3) is 0 Å². The van der Waals surface area contributed by atoms with Crippen molar-refractivity contribution in [3.05, 3.63) is 0 Å². The fraction of sp³-hybridized carbons (Fsp3) is 0.952. The maximum Gasteiger partial charge on any atom is 0.306 e. The largest absolute Gasteiger partial charge is 0.481 e. The van der Waals surface area contributed by atoms with E-state index in [0.29, 0.717) is 18.8 Å². The first-order chi connectivity index (χ1) is 11.1. The lowest BCUT2D eigenvalue weighted by Crippen LogP contribution is -2.50. The summed E-state index contributed by atoms with van der Waals surface area (Å²) in [5, 5.41) is 20.7. The van der Waals surface area contributed by atoms with Crippen molar-refractivity contribution in [1.29, 1.82) is 0 Å². The highest BCUT2D eigenvalue weighted by Gasteiger charge is 2.47. The molecule has 3 heteroatoms. The van der Waals surface area contributed by atoms with Crippen LogP contribution < -0.4 is 0 Å². The molecule has 0 saturated heterocycles. The third-order valence-corrected chi connectivity index (χ3v) is 6.42. The van der Waals surface area contributed by atoms with Crippen LogP contribution in [0, 0.1) is 23.2 Å². The SMILES string of the molecule is CCCCCC1CCC(C(O)(CCC(C)C(=O)O)C(C)(C)C)CC1. The summed E-state index contributed by atoms with van der Waals surface area (Å²) in [7, 11) is 0. The van der Waals surface area contributed by atoms with Crippen LogP contribution in [0.1, 0.15) is 98.8 Å². The van der Waals surface area contributed by atoms with E-state index < -0.39 is 11.6 Å². The zero-order valence-corrected chi connectivity index (χ0v) is 16.6. The van der Waals surface area contributed by atoms with E-state index in [9.17, 15) is 9.90 Å². The maximum atomic E-state index is 11.5.